The van der Waals surface area contributed by atoms with Crippen molar-refractivity contribution < 1.29 is 9.90 Å². The van der Waals surface area contributed by atoms with Gasteiger partial charge in [0.2, 0.25) is 0 Å². The summed E-state index contributed by atoms with van der Waals surface area (Å²) in [6.07, 6.45) is 3.69. The molecule has 1 aliphatic carbocycles. The largest absolute Gasteiger partial charge is 0.481 e. The highest BCUT2D eigenvalue weighted by molar-refractivity contribution is 5.70. The van der Waals surface area contributed by atoms with Crippen LogP contribution in [0.25, 0.3) is 0 Å². The van der Waals surface area contributed by atoms with Crippen molar-refractivity contribution in [2.45, 2.75) is 19.4 Å². The number of fused-ring (bicyclic) bond motifs is 1. The number of carboxylic acid groups (broad SMARTS) is 1. The Morgan fingerprint density at radius 1 is 1.32 bits per heavy atom. The van der Waals surface area contributed by atoms with Gasteiger partial charge in [0.25, 0.3) is 0 Å². The summed E-state index contributed by atoms with van der Waals surface area (Å²) in [6.45, 7) is 2.98. The van der Waals surface area contributed by atoms with Crippen molar-refractivity contribution in [3.05, 3.63) is 47.5 Å². The summed E-state index contributed by atoms with van der Waals surface area (Å²) >= 11 is 0. The maximum atomic E-state index is 11.1. The first-order valence-electron chi connectivity index (χ1n) is 6.90. The molecule has 0 amide bonds. The van der Waals surface area contributed by atoms with Crippen LogP contribution in [0.1, 0.15) is 18.4 Å². The van der Waals surface area contributed by atoms with Crippen LogP contribution in [0.2, 0.25) is 0 Å². The fourth-order valence-electron chi connectivity index (χ4n) is 3.23. The normalized spacial score (nSPS) is 26.8. The van der Waals surface area contributed by atoms with Gasteiger partial charge in [0, 0.05) is 19.6 Å². The van der Waals surface area contributed by atoms with Crippen molar-refractivity contribution in [1.29, 1.82) is 0 Å². The lowest BCUT2D eigenvalue weighted by atomic mass is 9.83. The number of carboxylic acids is 1. The van der Waals surface area contributed by atoms with Gasteiger partial charge in [-0.25, -0.2) is 0 Å². The highest BCUT2D eigenvalue weighted by atomic mass is 16.4. The number of likely N-dealkylation sites (tertiary alicyclic amines) is 1. The first-order valence-corrected chi connectivity index (χ1v) is 6.90. The van der Waals surface area contributed by atoms with E-state index in [1.165, 1.54) is 11.1 Å². The van der Waals surface area contributed by atoms with Crippen LogP contribution in [0.5, 0.6) is 0 Å². The zero-order chi connectivity index (χ0) is 13.2. The maximum Gasteiger partial charge on any atom is 0.306 e. The molecule has 2 aliphatic rings. The van der Waals surface area contributed by atoms with Gasteiger partial charge in [-0.2, -0.15) is 0 Å². The summed E-state index contributed by atoms with van der Waals surface area (Å²) in [7, 11) is 0. The Morgan fingerprint density at radius 3 is 2.84 bits per heavy atom. The highest BCUT2D eigenvalue weighted by Crippen LogP contribution is 2.35. The van der Waals surface area contributed by atoms with E-state index >= 15 is 0 Å². The Morgan fingerprint density at radius 2 is 2.11 bits per heavy atom. The van der Waals surface area contributed by atoms with Gasteiger partial charge >= 0.3 is 5.97 Å². The van der Waals surface area contributed by atoms with Crippen molar-refractivity contribution in [1.82, 2.24) is 4.90 Å². The average molecular weight is 257 g/mol. The predicted molar refractivity (Wildman–Crippen MR) is 73.7 cm³/mol. The minimum atomic E-state index is -0.642. The monoisotopic (exact) mass is 257 g/mol. The van der Waals surface area contributed by atoms with E-state index in [1.807, 2.05) is 6.07 Å². The van der Waals surface area contributed by atoms with E-state index in [9.17, 15) is 4.79 Å². The second-order valence-corrected chi connectivity index (χ2v) is 5.64. The number of rotatable bonds is 3. The summed E-state index contributed by atoms with van der Waals surface area (Å²) in [5.74, 6) is -0.360. The third-order valence-electron chi connectivity index (χ3n) is 4.24. The summed E-state index contributed by atoms with van der Waals surface area (Å²) in [4.78, 5) is 13.5. The molecule has 0 radical (unpaired) electrons. The summed E-state index contributed by atoms with van der Waals surface area (Å²) in [5, 5.41) is 9.12. The molecule has 0 aromatic heterocycles. The molecule has 0 bridgehead atoms. The predicted octanol–water partition coefficient (Wildman–Crippen LogP) is 2.54. The Kier molecular flexibility index (Phi) is 3.38. The number of hydrogen-bond acceptors (Lipinski definition) is 2. The van der Waals surface area contributed by atoms with Crippen LogP contribution in [-0.2, 0) is 11.3 Å². The number of benzene rings is 1. The van der Waals surface area contributed by atoms with Crippen LogP contribution in [0.4, 0.5) is 0 Å². The van der Waals surface area contributed by atoms with Gasteiger partial charge in [-0.15, -0.1) is 0 Å². The van der Waals surface area contributed by atoms with E-state index < -0.39 is 5.97 Å². The van der Waals surface area contributed by atoms with E-state index in [0.717, 1.165) is 26.1 Å². The number of aliphatic carboxylic acids is 1. The van der Waals surface area contributed by atoms with Gasteiger partial charge in [0.1, 0.15) is 0 Å². The van der Waals surface area contributed by atoms with Gasteiger partial charge in [0.05, 0.1) is 5.92 Å². The van der Waals surface area contributed by atoms with Crippen LogP contribution in [0.15, 0.2) is 42.0 Å². The lowest BCUT2D eigenvalue weighted by Gasteiger charge is -2.21. The number of carbonyl (C=O) groups is 1. The van der Waals surface area contributed by atoms with Gasteiger partial charge in [-0.1, -0.05) is 42.0 Å². The molecule has 3 rings (SSSR count). The molecule has 100 valence electrons. The van der Waals surface area contributed by atoms with Crippen LogP contribution in [-0.4, -0.2) is 29.1 Å². The zero-order valence-corrected chi connectivity index (χ0v) is 11.0. The Balaban J connectivity index is 1.64. The van der Waals surface area contributed by atoms with Crippen LogP contribution in [0, 0.1) is 11.8 Å². The van der Waals surface area contributed by atoms with E-state index in [1.54, 1.807) is 0 Å². The number of allylic oxidation sites excluding steroid dienone is 1. The molecule has 0 spiro atoms. The first kappa shape index (κ1) is 12.4. The third kappa shape index (κ3) is 2.71. The highest BCUT2D eigenvalue weighted by Gasteiger charge is 2.34. The van der Waals surface area contributed by atoms with E-state index in [4.69, 9.17) is 5.11 Å². The molecule has 0 saturated carbocycles. The molecule has 3 nitrogen and oxygen atoms in total. The summed E-state index contributed by atoms with van der Waals surface area (Å²) < 4.78 is 0. The van der Waals surface area contributed by atoms with Crippen molar-refractivity contribution in [3.63, 3.8) is 0 Å². The van der Waals surface area contributed by atoms with Gasteiger partial charge in [0.15, 0.2) is 0 Å². The van der Waals surface area contributed by atoms with Crippen molar-refractivity contribution in [2.24, 2.45) is 11.8 Å². The Labute approximate surface area is 113 Å². The first-order chi connectivity index (χ1) is 9.22. The fourth-order valence-corrected chi connectivity index (χ4v) is 3.23. The third-order valence-corrected chi connectivity index (χ3v) is 4.24. The van der Waals surface area contributed by atoms with Gasteiger partial charge in [-0.05, 0) is 24.3 Å². The molecule has 19 heavy (non-hydrogen) atoms. The smallest absolute Gasteiger partial charge is 0.306 e. The molecule has 1 saturated heterocycles. The second kappa shape index (κ2) is 5.17. The van der Waals surface area contributed by atoms with E-state index in [0.29, 0.717) is 12.3 Å². The van der Waals surface area contributed by atoms with E-state index in [2.05, 4.69) is 35.2 Å². The quantitative estimate of drug-likeness (QED) is 0.846. The molecule has 1 N–H and O–H groups in total. The Hall–Kier alpha value is -1.61. The molecule has 2 unspecified atom stereocenters. The standard InChI is InChI=1S/C16H19NO2/c18-16(19)13-6-7-14-10-17(11-15(14)8-13)9-12-4-2-1-3-5-12/h1-5,7,13,15H,6,8-11H2,(H,18,19). The Bertz CT molecular complexity index is 495. The lowest BCUT2D eigenvalue weighted by molar-refractivity contribution is -0.142. The van der Waals surface area contributed by atoms with Crippen molar-refractivity contribution in [3.8, 4) is 0 Å². The number of hydrogen-bond donors (Lipinski definition) is 1. The van der Waals surface area contributed by atoms with Crippen LogP contribution < -0.4 is 0 Å². The molecule has 1 aromatic rings. The molecular weight excluding hydrogens is 238 g/mol. The minimum Gasteiger partial charge on any atom is -0.481 e. The molecule has 1 aromatic carbocycles. The SMILES string of the molecule is O=C(O)C1CC=C2CN(Cc3ccccc3)CC2C1. The molecular formula is C16H19NO2. The number of nitrogens with zero attached hydrogens (tertiary/aromatic N) is 1. The van der Waals surface area contributed by atoms with Gasteiger partial charge < -0.3 is 5.11 Å². The topological polar surface area (TPSA) is 40.5 Å². The van der Waals surface area contributed by atoms with E-state index in [-0.39, 0.29) is 5.92 Å². The van der Waals surface area contributed by atoms with Crippen molar-refractivity contribution >= 4 is 5.97 Å². The average Bonchev–Trinajstić information content (AvgIpc) is 2.80. The molecule has 1 heterocycles. The minimum absolute atomic E-state index is 0.176. The zero-order valence-electron chi connectivity index (χ0n) is 11.0. The molecule has 1 fully saturated rings. The molecule has 3 heteroatoms. The van der Waals surface area contributed by atoms with Crippen molar-refractivity contribution in [2.75, 3.05) is 13.1 Å². The molecule has 2 atom stereocenters. The lowest BCUT2D eigenvalue weighted by Crippen LogP contribution is -2.23. The van der Waals surface area contributed by atoms with Crippen LogP contribution >= 0.6 is 0 Å². The van der Waals surface area contributed by atoms with Crippen LogP contribution in [0.3, 0.4) is 0 Å². The second-order valence-electron chi connectivity index (χ2n) is 5.64. The maximum absolute atomic E-state index is 11.1. The molecule has 1 aliphatic heterocycles. The summed E-state index contributed by atoms with van der Waals surface area (Å²) in [6, 6.07) is 10.5. The fraction of sp³-hybridized carbons (Fsp3) is 0.438. The summed E-state index contributed by atoms with van der Waals surface area (Å²) in [5.41, 5.74) is 2.78. The van der Waals surface area contributed by atoms with Gasteiger partial charge in [-0.3, -0.25) is 9.69 Å².